The van der Waals surface area contributed by atoms with E-state index in [1.54, 1.807) is 60.5 Å². The maximum Gasteiger partial charge on any atom is 0.262 e. The van der Waals surface area contributed by atoms with E-state index in [0.717, 1.165) is 10.8 Å². The van der Waals surface area contributed by atoms with Crippen LogP contribution in [0.25, 0.3) is 0 Å². The zero-order valence-corrected chi connectivity index (χ0v) is 15.6. The van der Waals surface area contributed by atoms with Crippen LogP contribution in [0.5, 0.6) is 5.75 Å². The summed E-state index contributed by atoms with van der Waals surface area (Å²) in [5, 5.41) is 0. The molecule has 0 unspecified atom stereocenters. The number of nitrogens with zero attached hydrogens (tertiary/aromatic N) is 2. The van der Waals surface area contributed by atoms with Gasteiger partial charge in [0, 0.05) is 11.6 Å². The van der Waals surface area contributed by atoms with Crippen molar-refractivity contribution >= 4 is 23.4 Å². The average molecular weight is 385 g/mol. The second-order valence-corrected chi connectivity index (χ2v) is 7.04. The van der Waals surface area contributed by atoms with Crippen LogP contribution in [0.2, 0.25) is 0 Å². The number of benzene rings is 2. The lowest BCUT2D eigenvalue weighted by Crippen LogP contribution is -2.73. The third-order valence-electron chi connectivity index (χ3n) is 5.55. The number of ether oxygens (including phenoxy) is 1. The molecule has 2 aromatic carbocycles. The number of β-lactam (4-membered cyclic amide) rings is 1. The minimum absolute atomic E-state index is 0.282. The van der Waals surface area contributed by atoms with Gasteiger partial charge in [-0.15, -0.1) is 0 Å². The van der Waals surface area contributed by atoms with E-state index in [1.165, 1.54) is 0 Å². The van der Waals surface area contributed by atoms with Gasteiger partial charge in [0.2, 0.25) is 0 Å². The lowest BCUT2D eigenvalue weighted by Gasteiger charge is -2.51. The van der Waals surface area contributed by atoms with Gasteiger partial charge in [-0.3, -0.25) is 19.3 Å². The molecule has 6 nitrogen and oxygen atoms in total. The van der Waals surface area contributed by atoms with Gasteiger partial charge in [0.15, 0.2) is 0 Å². The van der Waals surface area contributed by atoms with Crippen LogP contribution < -0.4 is 9.64 Å². The molecule has 1 saturated heterocycles. The Morgan fingerprint density at radius 2 is 1.34 bits per heavy atom. The maximum atomic E-state index is 13.2. The first-order valence-electron chi connectivity index (χ1n) is 9.27. The third kappa shape index (κ3) is 2.58. The summed E-state index contributed by atoms with van der Waals surface area (Å²) in [5.41, 5.74) is 1.37. The van der Waals surface area contributed by atoms with E-state index < -0.39 is 23.9 Å². The van der Waals surface area contributed by atoms with Crippen molar-refractivity contribution in [3.05, 3.63) is 91.3 Å². The van der Waals surface area contributed by atoms with Gasteiger partial charge in [-0.25, -0.2) is 0 Å². The number of carbonyl (C=O) groups is 3. The summed E-state index contributed by atoms with van der Waals surface area (Å²) in [7, 11) is 1.58. The molecule has 2 aliphatic heterocycles. The molecule has 2 aromatic rings. The van der Waals surface area contributed by atoms with Crippen molar-refractivity contribution in [1.82, 2.24) is 4.90 Å². The topological polar surface area (TPSA) is 66.9 Å². The van der Waals surface area contributed by atoms with E-state index in [9.17, 15) is 14.4 Å². The van der Waals surface area contributed by atoms with Crippen molar-refractivity contribution in [1.29, 1.82) is 0 Å². The maximum absolute atomic E-state index is 13.2. The molecule has 3 amide bonds. The molecule has 3 aliphatic rings. The molecule has 5 rings (SSSR count). The zero-order valence-electron chi connectivity index (χ0n) is 15.6. The fourth-order valence-electron chi connectivity index (χ4n) is 4.13. The predicted molar refractivity (Wildman–Crippen MR) is 105 cm³/mol. The van der Waals surface area contributed by atoms with Crippen LogP contribution in [0.1, 0.15) is 20.7 Å². The van der Waals surface area contributed by atoms with Gasteiger partial charge in [0.05, 0.1) is 24.3 Å². The molecule has 1 saturated carbocycles. The van der Waals surface area contributed by atoms with Crippen LogP contribution >= 0.6 is 0 Å². The van der Waals surface area contributed by atoms with E-state index in [1.807, 2.05) is 25.7 Å². The Labute approximate surface area is 169 Å². The van der Waals surface area contributed by atoms with Crippen molar-refractivity contribution in [3.8, 4) is 5.75 Å². The quantitative estimate of drug-likeness (QED) is 0.599. The van der Waals surface area contributed by atoms with Crippen molar-refractivity contribution in [2.75, 3.05) is 12.0 Å². The van der Waals surface area contributed by atoms with Crippen LogP contribution in [-0.2, 0) is 4.79 Å². The Kier molecular flexibility index (Phi) is 4.15. The smallest absolute Gasteiger partial charge is 0.262 e. The zero-order chi connectivity index (χ0) is 20.1. The van der Waals surface area contributed by atoms with Gasteiger partial charge in [-0.05, 0) is 62.1 Å². The third-order valence-corrected chi connectivity index (χ3v) is 5.55. The van der Waals surface area contributed by atoms with Crippen LogP contribution in [0, 0.1) is 31.6 Å². The van der Waals surface area contributed by atoms with Gasteiger partial charge >= 0.3 is 0 Å². The van der Waals surface area contributed by atoms with Crippen LogP contribution in [-0.4, -0.2) is 41.8 Å². The summed E-state index contributed by atoms with van der Waals surface area (Å²) >= 11 is 0. The van der Waals surface area contributed by atoms with E-state index in [4.69, 9.17) is 4.74 Å². The molecule has 2 fully saturated rings. The number of anilines is 1. The summed E-state index contributed by atoms with van der Waals surface area (Å²) in [6, 6.07) is 12.5. The fraction of sp³-hybridized carbons (Fsp3) is 0.130. The molecule has 0 spiro atoms. The first-order valence-corrected chi connectivity index (χ1v) is 9.27. The van der Waals surface area contributed by atoms with Crippen LogP contribution in [0.4, 0.5) is 5.69 Å². The predicted octanol–water partition coefficient (Wildman–Crippen LogP) is 2.48. The van der Waals surface area contributed by atoms with Gasteiger partial charge in [-0.2, -0.15) is 0 Å². The second-order valence-electron chi connectivity index (χ2n) is 7.04. The molecule has 0 N–H and O–H groups in total. The Morgan fingerprint density at radius 3 is 1.90 bits per heavy atom. The highest BCUT2D eigenvalue weighted by atomic mass is 16.5. The Balaban J connectivity index is 1.51. The van der Waals surface area contributed by atoms with E-state index in [2.05, 4.69) is 0 Å². The molecule has 1 aliphatic carbocycles. The monoisotopic (exact) mass is 385 g/mol. The minimum atomic E-state index is -0.869. The van der Waals surface area contributed by atoms with Gasteiger partial charge < -0.3 is 9.64 Å². The van der Waals surface area contributed by atoms with Gasteiger partial charge in [0.25, 0.3) is 17.7 Å². The lowest BCUT2D eigenvalue weighted by atomic mass is 9.81. The number of rotatable bonds is 4. The van der Waals surface area contributed by atoms with Gasteiger partial charge in [-0.1, -0.05) is 12.1 Å². The van der Waals surface area contributed by atoms with Crippen molar-refractivity contribution < 1.29 is 19.1 Å². The lowest BCUT2D eigenvalue weighted by molar-refractivity contribution is -0.129. The first kappa shape index (κ1) is 17.9. The molecule has 5 radical (unpaired) electrons. The molecular formula is C23H17N2O4. The molecular weight excluding hydrogens is 368 g/mol. The van der Waals surface area contributed by atoms with Crippen LogP contribution in [0.15, 0.2) is 48.5 Å². The summed E-state index contributed by atoms with van der Waals surface area (Å²) in [4.78, 5) is 41.8. The standard InChI is InChI=1S/C23H17N2O4/c1-29-16-12-10-15(11-13-16)24-19(14-6-2-3-7-14)20(23(24)28)25-21(26)17-8-4-5-9-18(17)22(25)27/h2-13,19-20H,1H3/t19-,20-/m0/s1. The number of carbonyl (C=O) groups excluding carboxylic acids is 3. The Morgan fingerprint density at radius 1 is 0.759 bits per heavy atom. The average Bonchev–Trinajstić information content (AvgIpc) is 3.36. The molecule has 2 atom stereocenters. The summed E-state index contributed by atoms with van der Waals surface area (Å²) in [6.45, 7) is 0. The molecule has 0 aromatic heterocycles. The molecule has 6 heteroatoms. The van der Waals surface area contributed by atoms with Gasteiger partial charge in [0.1, 0.15) is 11.8 Å². The number of amides is 3. The number of imide groups is 1. The minimum Gasteiger partial charge on any atom is -0.497 e. The largest absolute Gasteiger partial charge is 0.497 e. The highest BCUT2D eigenvalue weighted by Crippen LogP contribution is 2.43. The highest BCUT2D eigenvalue weighted by Gasteiger charge is 2.59. The highest BCUT2D eigenvalue weighted by molar-refractivity contribution is 6.25. The van der Waals surface area contributed by atoms with Crippen molar-refractivity contribution in [3.63, 3.8) is 0 Å². The number of methoxy groups -OCH3 is 1. The number of hydrogen-bond acceptors (Lipinski definition) is 4. The van der Waals surface area contributed by atoms with E-state index in [-0.39, 0.29) is 5.91 Å². The SMILES string of the molecule is COc1ccc(N2C(=O)[C@@H](N3C(=O)c4ccccc4C3=O)[C@@H]2[C]2[CH][CH][CH][CH]2)cc1. The van der Waals surface area contributed by atoms with Crippen molar-refractivity contribution in [2.45, 2.75) is 12.1 Å². The number of hydrogen-bond donors (Lipinski definition) is 0. The fourth-order valence-corrected chi connectivity index (χ4v) is 4.13. The Bertz CT molecular complexity index is 959. The van der Waals surface area contributed by atoms with Crippen LogP contribution in [0.3, 0.4) is 0 Å². The summed E-state index contributed by atoms with van der Waals surface area (Å²) < 4.78 is 5.19. The Hall–Kier alpha value is -3.15. The molecule has 2 heterocycles. The second kappa shape index (κ2) is 6.72. The van der Waals surface area contributed by atoms with Crippen molar-refractivity contribution in [2.24, 2.45) is 0 Å². The van der Waals surface area contributed by atoms with E-state index in [0.29, 0.717) is 22.6 Å². The normalized spacial score (nSPS) is 24.1. The molecule has 143 valence electrons. The first-order chi connectivity index (χ1) is 14.1. The van der Waals surface area contributed by atoms with E-state index >= 15 is 0 Å². The number of fused-ring (bicyclic) bond motifs is 1. The summed E-state index contributed by atoms with van der Waals surface area (Å²) in [5.74, 6) is 0.436. The molecule has 0 bridgehead atoms. The molecule has 29 heavy (non-hydrogen) atoms. The summed E-state index contributed by atoms with van der Waals surface area (Å²) in [6.07, 6.45) is 7.56.